The van der Waals surface area contributed by atoms with Crippen molar-refractivity contribution in [1.82, 2.24) is 4.90 Å². The van der Waals surface area contributed by atoms with Crippen molar-refractivity contribution >= 4 is 11.9 Å². The monoisotopic (exact) mass is 345 g/mol. The number of nitrogens with zero attached hydrogens (tertiary/aromatic N) is 1. The van der Waals surface area contributed by atoms with E-state index in [1.54, 1.807) is 7.11 Å². The Balaban J connectivity index is 1.63. The molecule has 0 spiro atoms. The van der Waals surface area contributed by atoms with Gasteiger partial charge in [-0.2, -0.15) is 0 Å². The normalized spacial score (nSPS) is 23.8. The molecule has 1 N–H and O–H groups in total. The molecule has 2 aliphatic rings. The number of para-hydroxylation sites is 1. The number of hydrogen-bond acceptors (Lipinski definition) is 3. The largest absolute Gasteiger partial charge is 0.496 e. The second kappa shape index (κ2) is 7.89. The van der Waals surface area contributed by atoms with Gasteiger partial charge in [0.25, 0.3) is 0 Å². The van der Waals surface area contributed by atoms with E-state index in [1.807, 2.05) is 29.2 Å². The van der Waals surface area contributed by atoms with E-state index < -0.39 is 11.9 Å². The van der Waals surface area contributed by atoms with Gasteiger partial charge in [0, 0.05) is 19.5 Å². The first-order valence-electron chi connectivity index (χ1n) is 9.21. The fraction of sp³-hybridized carbons (Fsp3) is 0.600. The van der Waals surface area contributed by atoms with Crippen molar-refractivity contribution in [3.05, 3.63) is 29.8 Å². The lowest BCUT2D eigenvalue weighted by Gasteiger charge is -2.22. The summed E-state index contributed by atoms with van der Waals surface area (Å²) in [5, 5.41) is 9.58. The summed E-state index contributed by atoms with van der Waals surface area (Å²) >= 11 is 0. The second-order valence-corrected chi connectivity index (χ2v) is 7.36. The summed E-state index contributed by atoms with van der Waals surface area (Å²) in [5.41, 5.74) is 0.834. The molecule has 2 fully saturated rings. The van der Waals surface area contributed by atoms with Crippen LogP contribution in [0.15, 0.2) is 24.3 Å². The Morgan fingerprint density at radius 3 is 2.44 bits per heavy atom. The summed E-state index contributed by atoms with van der Waals surface area (Å²) in [6, 6.07) is 7.41. The number of fused-ring (bicyclic) bond motifs is 1. The molecule has 1 saturated carbocycles. The van der Waals surface area contributed by atoms with Crippen molar-refractivity contribution in [1.29, 1.82) is 0 Å². The van der Waals surface area contributed by atoms with Crippen LogP contribution in [0.1, 0.15) is 37.7 Å². The van der Waals surface area contributed by atoms with E-state index in [2.05, 4.69) is 0 Å². The number of likely N-dealkylation sites (tertiary alicyclic amines) is 1. The van der Waals surface area contributed by atoms with Crippen LogP contribution in [-0.4, -0.2) is 42.1 Å². The van der Waals surface area contributed by atoms with Gasteiger partial charge in [0.05, 0.1) is 13.0 Å². The Kier molecular flexibility index (Phi) is 5.61. The summed E-state index contributed by atoms with van der Waals surface area (Å²) in [4.78, 5) is 26.3. The highest BCUT2D eigenvalue weighted by Gasteiger charge is 2.37. The number of benzene rings is 1. The molecular formula is C20H27NO4. The molecule has 5 nitrogen and oxygen atoms in total. The summed E-state index contributed by atoms with van der Waals surface area (Å²) in [6.45, 7) is 1.62. The smallest absolute Gasteiger partial charge is 0.307 e. The van der Waals surface area contributed by atoms with Crippen LogP contribution in [0.3, 0.4) is 0 Å². The molecular weight excluding hydrogens is 318 g/mol. The van der Waals surface area contributed by atoms with Crippen molar-refractivity contribution in [2.24, 2.45) is 17.8 Å². The molecule has 1 aliphatic carbocycles. The third-order valence-corrected chi connectivity index (χ3v) is 5.76. The lowest BCUT2D eigenvalue weighted by molar-refractivity contribution is -0.145. The number of carboxylic acids is 1. The molecule has 1 heterocycles. The zero-order valence-electron chi connectivity index (χ0n) is 14.8. The molecule has 5 heteroatoms. The van der Waals surface area contributed by atoms with Gasteiger partial charge in [-0.3, -0.25) is 9.59 Å². The van der Waals surface area contributed by atoms with Crippen LogP contribution in [0.5, 0.6) is 5.75 Å². The molecule has 3 rings (SSSR count). The highest BCUT2D eigenvalue weighted by molar-refractivity contribution is 5.82. The Bertz CT molecular complexity index is 616. The zero-order chi connectivity index (χ0) is 17.8. The Labute approximate surface area is 149 Å². The van der Waals surface area contributed by atoms with Gasteiger partial charge in [-0.1, -0.05) is 31.0 Å². The Hall–Kier alpha value is -2.04. The minimum absolute atomic E-state index is 0.0169. The number of ether oxygens (including phenoxy) is 1. The van der Waals surface area contributed by atoms with Gasteiger partial charge in [-0.25, -0.2) is 0 Å². The predicted molar refractivity (Wildman–Crippen MR) is 94.5 cm³/mol. The van der Waals surface area contributed by atoms with Crippen molar-refractivity contribution in [2.45, 2.75) is 38.5 Å². The number of carbonyl (C=O) groups is 2. The molecule has 1 aromatic carbocycles. The molecule has 136 valence electrons. The molecule has 0 radical (unpaired) electrons. The van der Waals surface area contributed by atoms with Gasteiger partial charge >= 0.3 is 5.97 Å². The number of carbonyl (C=O) groups excluding carboxylic acids is 1. The van der Waals surface area contributed by atoms with Gasteiger partial charge in [0.1, 0.15) is 5.75 Å². The summed E-state index contributed by atoms with van der Waals surface area (Å²) in [5.74, 6) is 0.262. The zero-order valence-corrected chi connectivity index (χ0v) is 14.8. The molecule has 1 aliphatic heterocycles. The molecule has 3 atom stereocenters. The van der Waals surface area contributed by atoms with Crippen molar-refractivity contribution < 1.29 is 19.4 Å². The van der Waals surface area contributed by atoms with Gasteiger partial charge in [-0.05, 0) is 42.7 Å². The molecule has 0 bridgehead atoms. The summed E-state index contributed by atoms with van der Waals surface area (Å²) in [6.07, 6.45) is 5.30. The molecule has 1 saturated heterocycles. The first-order valence-corrected chi connectivity index (χ1v) is 9.21. The van der Waals surface area contributed by atoms with Gasteiger partial charge in [0.15, 0.2) is 0 Å². The van der Waals surface area contributed by atoms with Crippen LogP contribution >= 0.6 is 0 Å². The quantitative estimate of drug-likeness (QED) is 0.861. The van der Waals surface area contributed by atoms with Crippen molar-refractivity contribution in [3.63, 3.8) is 0 Å². The van der Waals surface area contributed by atoms with Crippen LogP contribution in [0.25, 0.3) is 0 Å². The SMILES string of the molecule is COc1ccccc1CC(CC(=O)N1CC2CCCCC2C1)C(=O)O. The average molecular weight is 345 g/mol. The minimum Gasteiger partial charge on any atom is -0.496 e. The average Bonchev–Trinajstić information content (AvgIpc) is 3.05. The van der Waals surface area contributed by atoms with Gasteiger partial charge < -0.3 is 14.7 Å². The van der Waals surface area contributed by atoms with E-state index in [0.717, 1.165) is 18.7 Å². The maximum atomic E-state index is 12.7. The van der Waals surface area contributed by atoms with Crippen molar-refractivity contribution in [2.75, 3.05) is 20.2 Å². The maximum absolute atomic E-state index is 12.7. The summed E-state index contributed by atoms with van der Waals surface area (Å²) in [7, 11) is 1.58. The highest BCUT2D eigenvalue weighted by atomic mass is 16.5. The maximum Gasteiger partial charge on any atom is 0.307 e. The van der Waals surface area contributed by atoms with E-state index in [9.17, 15) is 14.7 Å². The highest BCUT2D eigenvalue weighted by Crippen LogP contribution is 2.36. The Morgan fingerprint density at radius 1 is 1.20 bits per heavy atom. The number of hydrogen-bond donors (Lipinski definition) is 1. The van der Waals surface area contributed by atoms with Crippen molar-refractivity contribution in [3.8, 4) is 5.75 Å². The lowest BCUT2D eigenvalue weighted by atomic mass is 9.82. The van der Waals surface area contributed by atoms with E-state index in [0.29, 0.717) is 24.0 Å². The topological polar surface area (TPSA) is 66.8 Å². The summed E-state index contributed by atoms with van der Waals surface area (Å²) < 4.78 is 5.31. The van der Waals surface area contributed by atoms with E-state index in [4.69, 9.17) is 4.74 Å². The van der Waals surface area contributed by atoms with Crippen LogP contribution in [0.4, 0.5) is 0 Å². The number of amides is 1. The number of carboxylic acid groups (broad SMARTS) is 1. The van der Waals surface area contributed by atoms with Gasteiger partial charge in [-0.15, -0.1) is 0 Å². The third kappa shape index (κ3) is 4.14. The molecule has 0 aromatic heterocycles. The third-order valence-electron chi connectivity index (χ3n) is 5.76. The standard InChI is InChI=1S/C20H27NO4/c1-25-18-9-5-4-6-14(18)10-17(20(23)24)11-19(22)21-12-15-7-2-3-8-16(15)13-21/h4-6,9,15-17H,2-3,7-8,10-13H2,1H3,(H,23,24). The van der Waals surface area contributed by atoms with E-state index >= 15 is 0 Å². The van der Waals surface area contributed by atoms with Crippen LogP contribution in [0, 0.1) is 17.8 Å². The van der Waals surface area contributed by atoms with E-state index in [-0.39, 0.29) is 12.3 Å². The second-order valence-electron chi connectivity index (χ2n) is 7.36. The fourth-order valence-corrected chi connectivity index (χ4v) is 4.33. The van der Waals surface area contributed by atoms with Crippen LogP contribution < -0.4 is 4.74 Å². The fourth-order valence-electron chi connectivity index (χ4n) is 4.33. The predicted octanol–water partition coefficient (Wildman–Crippen LogP) is 2.98. The number of methoxy groups -OCH3 is 1. The minimum atomic E-state index is -0.920. The first-order chi connectivity index (χ1) is 12.1. The molecule has 25 heavy (non-hydrogen) atoms. The molecule has 1 amide bonds. The molecule has 3 unspecified atom stereocenters. The van der Waals surface area contributed by atoms with Crippen LogP contribution in [0.2, 0.25) is 0 Å². The van der Waals surface area contributed by atoms with Crippen LogP contribution in [-0.2, 0) is 16.0 Å². The first kappa shape index (κ1) is 17.8. The van der Waals surface area contributed by atoms with E-state index in [1.165, 1.54) is 25.7 Å². The number of aliphatic carboxylic acids is 1. The lowest BCUT2D eigenvalue weighted by Crippen LogP contribution is -2.33. The van der Waals surface area contributed by atoms with Gasteiger partial charge in [0.2, 0.25) is 5.91 Å². The molecule has 1 aromatic rings. The number of rotatable bonds is 6. The Morgan fingerprint density at radius 2 is 1.84 bits per heavy atom.